The molecule has 0 saturated carbocycles. The van der Waals surface area contributed by atoms with Gasteiger partial charge in [-0.05, 0) is 29.1 Å². The number of aromatic carboxylic acids is 1. The average Bonchev–Trinajstić information content (AvgIpc) is 3.04. The van der Waals surface area contributed by atoms with E-state index in [-0.39, 0.29) is 18.7 Å². The molecule has 2 aromatic heterocycles. The van der Waals surface area contributed by atoms with Crippen LogP contribution in [0.15, 0.2) is 46.7 Å². The molecule has 0 fully saturated rings. The second-order valence-electron chi connectivity index (χ2n) is 4.80. The maximum absolute atomic E-state index is 12.4. The van der Waals surface area contributed by atoms with Crippen molar-refractivity contribution in [3.63, 3.8) is 0 Å². The Morgan fingerprint density at radius 1 is 1.27 bits per heavy atom. The molecule has 0 amide bonds. The fraction of sp³-hybridized carbons (Fsp3) is 0.125. The lowest BCUT2D eigenvalue weighted by atomic mass is 10.1. The topological polar surface area (TPSA) is 79.5 Å². The van der Waals surface area contributed by atoms with Crippen molar-refractivity contribution in [3.05, 3.63) is 57.7 Å². The molecule has 0 atom stereocenters. The second-order valence-corrected chi connectivity index (χ2v) is 5.75. The molecule has 0 unspecified atom stereocenters. The third kappa shape index (κ3) is 2.43. The average molecular weight is 315 g/mol. The van der Waals surface area contributed by atoms with Gasteiger partial charge in [0.25, 0.3) is 0 Å². The lowest BCUT2D eigenvalue weighted by Crippen LogP contribution is -2.19. The number of thiophene rings is 1. The van der Waals surface area contributed by atoms with E-state index in [4.69, 9.17) is 5.11 Å². The highest BCUT2D eigenvalue weighted by Crippen LogP contribution is 2.27. The molecule has 112 valence electrons. The summed E-state index contributed by atoms with van der Waals surface area (Å²) in [6, 6.07) is 9.25. The highest BCUT2D eigenvalue weighted by Gasteiger charge is 2.15. The molecule has 0 radical (unpaired) electrons. The number of hydrogen-bond donors (Lipinski definition) is 2. The number of fused-ring (bicyclic) bond motifs is 1. The summed E-state index contributed by atoms with van der Waals surface area (Å²) in [5, 5.41) is 20.6. The van der Waals surface area contributed by atoms with Crippen LogP contribution in [0.2, 0.25) is 0 Å². The predicted octanol–water partition coefficient (Wildman–Crippen LogP) is 2.42. The first kappa shape index (κ1) is 14.5. The first-order chi connectivity index (χ1) is 10.6. The minimum Gasteiger partial charge on any atom is -0.477 e. The van der Waals surface area contributed by atoms with Crippen molar-refractivity contribution in [1.82, 2.24) is 4.57 Å². The Morgan fingerprint density at radius 3 is 2.73 bits per heavy atom. The van der Waals surface area contributed by atoms with E-state index in [0.29, 0.717) is 10.9 Å². The third-order valence-corrected chi connectivity index (χ3v) is 4.38. The quantitative estimate of drug-likeness (QED) is 0.775. The number of aliphatic hydroxyl groups is 1. The Labute approximate surface area is 129 Å². The summed E-state index contributed by atoms with van der Waals surface area (Å²) in [6.07, 6.45) is 1.29. The minimum atomic E-state index is -1.26. The van der Waals surface area contributed by atoms with E-state index >= 15 is 0 Å². The smallest absolute Gasteiger partial charge is 0.341 e. The number of benzene rings is 1. The first-order valence-corrected chi connectivity index (χ1v) is 7.55. The van der Waals surface area contributed by atoms with Gasteiger partial charge in [0.1, 0.15) is 5.56 Å². The van der Waals surface area contributed by atoms with Crippen LogP contribution in [0, 0.1) is 0 Å². The number of hydrogen-bond acceptors (Lipinski definition) is 4. The van der Waals surface area contributed by atoms with Crippen molar-refractivity contribution < 1.29 is 15.0 Å². The number of carboxylic acid groups (broad SMARTS) is 1. The van der Waals surface area contributed by atoms with Gasteiger partial charge in [-0.25, -0.2) is 4.79 Å². The van der Waals surface area contributed by atoms with Crippen molar-refractivity contribution in [2.45, 2.75) is 6.54 Å². The highest BCUT2D eigenvalue weighted by molar-refractivity contribution is 7.13. The Kier molecular flexibility index (Phi) is 3.79. The molecule has 3 rings (SSSR count). The van der Waals surface area contributed by atoms with Crippen LogP contribution in [0.3, 0.4) is 0 Å². The summed E-state index contributed by atoms with van der Waals surface area (Å²) in [7, 11) is 0. The Hall–Kier alpha value is -2.44. The minimum absolute atomic E-state index is 0.135. The standard InChI is InChI=1S/C16H13NO4S/c18-6-5-17-9-12(16(20)21)15(19)11-8-10(3-4-13(11)17)14-2-1-7-22-14/h1-4,7-9,18H,5-6H2,(H,20,21). The summed E-state index contributed by atoms with van der Waals surface area (Å²) in [5.74, 6) is -1.26. The van der Waals surface area contributed by atoms with Crippen molar-refractivity contribution in [1.29, 1.82) is 0 Å². The van der Waals surface area contributed by atoms with Gasteiger partial charge < -0.3 is 14.8 Å². The van der Waals surface area contributed by atoms with E-state index in [2.05, 4.69) is 0 Å². The molecule has 6 heteroatoms. The lowest BCUT2D eigenvalue weighted by molar-refractivity contribution is 0.0694. The molecular weight excluding hydrogens is 302 g/mol. The number of pyridine rings is 1. The van der Waals surface area contributed by atoms with Gasteiger partial charge in [0, 0.05) is 23.0 Å². The maximum Gasteiger partial charge on any atom is 0.341 e. The number of carbonyl (C=O) groups is 1. The number of rotatable bonds is 4. The fourth-order valence-electron chi connectivity index (χ4n) is 2.44. The molecule has 0 bridgehead atoms. The largest absolute Gasteiger partial charge is 0.477 e. The van der Waals surface area contributed by atoms with E-state index < -0.39 is 11.4 Å². The van der Waals surface area contributed by atoms with Crippen LogP contribution in [0.25, 0.3) is 21.3 Å². The van der Waals surface area contributed by atoms with Crippen LogP contribution in [0.5, 0.6) is 0 Å². The van der Waals surface area contributed by atoms with E-state index in [1.54, 1.807) is 28.0 Å². The van der Waals surface area contributed by atoms with Crippen LogP contribution in [-0.2, 0) is 6.54 Å². The number of carboxylic acids is 1. The van der Waals surface area contributed by atoms with E-state index in [9.17, 15) is 14.7 Å². The molecule has 22 heavy (non-hydrogen) atoms. The summed E-state index contributed by atoms with van der Waals surface area (Å²) in [5.41, 5.74) is 0.696. The summed E-state index contributed by atoms with van der Waals surface area (Å²) >= 11 is 1.55. The Bertz CT molecular complexity index is 896. The van der Waals surface area contributed by atoms with Crippen LogP contribution < -0.4 is 5.43 Å². The SMILES string of the molecule is O=C(O)c1cn(CCO)c2ccc(-c3cccs3)cc2c1=O. The van der Waals surface area contributed by atoms with Crippen LogP contribution in [-0.4, -0.2) is 27.4 Å². The number of aromatic nitrogens is 1. The van der Waals surface area contributed by atoms with Crippen molar-refractivity contribution in [2.75, 3.05) is 6.61 Å². The van der Waals surface area contributed by atoms with Gasteiger partial charge in [-0.15, -0.1) is 11.3 Å². The van der Waals surface area contributed by atoms with Gasteiger partial charge in [-0.1, -0.05) is 12.1 Å². The summed E-state index contributed by atoms with van der Waals surface area (Å²) < 4.78 is 1.60. The maximum atomic E-state index is 12.4. The van der Waals surface area contributed by atoms with Crippen LogP contribution in [0.1, 0.15) is 10.4 Å². The monoisotopic (exact) mass is 315 g/mol. The highest BCUT2D eigenvalue weighted by atomic mass is 32.1. The van der Waals surface area contributed by atoms with E-state index in [1.165, 1.54) is 6.20 Å². The molecule has 0 spiro atoms. The number of aliphatic hydroxyl groups excluding tert-OH is 1. The lowest BCUT2D eigenvalue weighted by Gasteiger charge is -2.11. The summed E-state index contributed by atoms with van der Waals surface area (Å²) in [6.45, 7) is 0.0963. The normalized spacial score (nSPS) is 11.0. The van der Waals surface area contributed by atoms with Gasteiger partial charge in [0.15, 0.2) is 0 Å². The molecule has 0 aliphatic carbocycles. The summed E-state index contributed by atoms with van der Waals surface area (Å²) in [4.78, 5) is 24.7. The fourth-order valence-corrected chi connectivity index (χ4v) is 3.16. The van der Waals surface area contributed by atoms with Gasteiger partial charge in [0.05, 0.1) is 12.1 Å². The first-order valence-electron chi connectivity index (χ1n) is 6.67. The van der Waals surface area contributed by atoms with Gasteiger partial charge >= 0.3 is 5.97 Å². The zero-order valence-electron chi connectivity index (χ0n) is 11.5. The Morgan fingerprint density at radius 2 is 2.09 bits per heavy atom. The molecule has 0 saturated heterocycles. The molecule has 2 heterocycles. The zero-order valence-corrected chi connectivity index (χ0v) is 12.3. The Balaban J connectivity index is 2.32. The van der Waals surface area contributed by atoms with Crippen molar-refractivity contribution in [2.24, 2.45) is 0 Å². The molecular formula is C16H13NO4S. The predicted molar refractivity (Wildman–Crippen MR) is 85.6 cm³/mol. The van der Waals surface area contributed by atoms with Crippen molar-refractivity contribution >= 4 is 28.2 Å². The zero-order chi connectivity index (χ0) is 15.7. The molecule has 3 aromatic rings. The molecule has 0 aliphatic rings. The van der Waals surface area contributed by atoms with Crippen molar-refractivity contribution in [3.8, 4) is 10.4 Å². The van der Waals surface area contributed by atoms with Gasteiger partial charge in [0.2, 0.25) is 5.43 Å². The molecule has 1 aromatic carbocycles. The van der Waals surface area contributed by atoms with E-state index in [1.807, 2.05) is 23.6 Å². The van der Waals surface area contributed by atoms with Gasteiger partial charge in [-0.3, -0.25) is 4.79 Å². The third-order valence-electron chi connectivity index (χ3n) is 3.46. The van der Waals surface area contributed by atoms with E-state index in [0.717, 1.165) is 10.4 Å². The second kappa shape index (κ2) is 5.75. The van der Waals surface area contributed by atoms with Crippen LogP contribution >= 0.6 is 11.3 Å². The number of nitrogens with zero attached hydrogens (tertiary/aromatic N) is 1. The molecule has 5 nitrogen and oxygen atoms in total. The molecule has 2 N–H and O–H groups in total. The van der Waals surface area contributed by atoms with Crippen LogP contribution in [0.4, 0.5) is 0 Å². The van der Waals surface area contributed by atoms with Gasteiger partial charge in [-0.2, -0.15) is 0 Å². The molecule has 0 aliphatic heterocycles.